The SMILES string of the molecule is Cc1cccc(NC(=O)Cn2nc3c(C)cc4ccccc4n3c2=O)n1. The summed E-state index contributed by atoms with van der Waals surface area (Å²) in [5, 5.41) is 7.99. The first kappa shape index (κ1) is 16.0. The number of amides is 1. The summed E-state index contributed by atoms with van der Waals surface area (Å²) in [5.41, 5.74) is 2.66. The van der Waals surface area contributed by atoms with Gasteiger partial charge in [0, 0.05) is 5.69 Å². The van der Waals surface area contributed by atoms with Crippen LogP contribution in [0.25, 0.3) is 16.6 Å². The quantitative estimate of drug-likeness (QED) is 0.616. The molecule has 0 saturated carbocycles. The van der Waals surface area contributed by atoms with Gasteiger partial charge in [0.05, 0.1) is 5.52 Å². The molecule has 0 saturated heterocycles. The Morgan fingerprint density at radius 2 is 1.92 bits per heavy atom. The number of para-hydroxylation sites is 1. The summed E-state index contributed by atoms with van der Waals surface area (Å²) < 4.78 is 2.72. The maximum atomic E-state index is 12.8. The number of aromatic nitrogens is 4. The molecule has 0 unspecified atom stereocenters. The molecule has 0 atom stereocenters. The minimum atomic E-state index is -0.351. The predicted octanol–water partition coefficient (Wildman–Crippen LogP) is 2.30. The topological polar surface area (TPSA) is 81.3 Å². The Hall–Kier alpha value is -3.48. The van der Waals surface area contributed by atoms with Gasteiger partial charge in [0.1, 0.15) is 12.4 Å². The van der Waals surface area contributed by atoms with Crippen molar-refractivity contribution < 1.29 is 4.79 Å². The maximum Gasteiger partial charge on any atom is 0.351 e. The Labute approximate surface area is 148 Å². The van der Waals surface area contributed by atoms with E-state index in [0.29, 0.717) is 11.5 Å². The fraction of sp³-hybridized carbons (Fsp3) is 0.158. The van der Waals surface area contributed by atoms with Gasteiger partial charge in [-0.2, -0.15) is 0 Å². The highest BCUT2D eigenvalue weighted by molar-refractivity contribution is 5.89. The third kappa shape index (κ3) is 2.73. The van der Waals surface area contributed by atoms with Crippen LogP contribution in [0, 0.1) is 13.8 Å². The number of hydrogen-bond donors (Lipinski definition) is 1. The van der Waals surface area contributed by atoms with Gasteiger partial charge >= 0.3 is 5.69 Å². The molecule has 7 nitrogen and oxygen atoms in total. The Morgan fingerprint density at radius 1 is 1.12 bits per heavy atom. The molecule has 3 aromatic heterocycles. The van der Waals surface area contributed by atoms with Crippen molar-refractivity contribution in [1.82, 2.24) is 19.2 Å². The number of carbonyl (C=O) groups excluding carboxylic acids is 1. The first-order valence-electron chi connectivity index (χ1n) is 8.24. The Morgan fingerprint density at radius 3 is 2.73 bits per heavy atom. The molecular formula is C19H17N5O2. The van der Waals surface area contributed by atoms with Gasteiger partial charge in [-0.25, -0.2) is 18.9 Å². The molecular weight excluding hydrogens is 330 g/mol. The second kappa shape index (κ2) is 6.11. The number of carbonyl (C=O) groups is 1. The Bertz CT molecular complexity index is 1210. The van der Waals surface area contributed by atoms with E-state index in [1.54, 1.807) is 10.5 Å². The van der Waals surface area contributed by atoms with Gasteiger partial charge in [0.2, 0.25) is 5.91 Å². The van der Waals surface area contributed by atoms with Crippen molar-refractivity contribution in [2.45, 2.75) is 20.4 Å². The molecule has 7 heteroatoms. The predicted molar refractivity (Wildman–Crippen MR) is 99.3 cm³/mol. The summed E-state index contributed by atoms with van der Waals surface area (Å²) in [7, 11) is 0. The van der Waals surface area contributed by atoms with E-state index in [-0.39, 0.29) is 18.1 Å². The zero-order valence-corrected chi connectivity index (χ0v) is 14.4. The number of nitrogens with one attached hydrogen (secondary N) is 1. The number of anilines is 1. The maximum absolute atomic E-state index is 12.8. The summed E-state index contributed by atoms with van der Waals surface area (Å²) in [6.07, 6.45) is 0. The smallest absolute Gasteiger partial charge is 0.309 e. The molecule has 1 amide bonds. The normalized spacial score (nSPS) is 11.2. The van der Waals surface area contributed by atoms with E-state index in [9.17, 15) is 9.59 Å². The number of aryl methyl sites for hydroxylation is 2. The highest BCUT2D eigenvalue weighted by Gasteiger charge is 2.15. The monoisotopic (exact) mass is 347 g/mol. The fourth-order valence-electron chi connectivity index (χ4n) is 3.03. The van der Waals surface area contributed by atoms with E-state index in [4.69, 9.17) is 0 Å². The van der Waals surface area contributed by atoms with Crippen LogP contribution < -0.4 is 11.0 Å². The molecule has 130 valence electrons. The lowest BCUT2D eigenvalue weighted by Crippen LogP contribution is -2.28. The van der Waals surface area contributed by atoms with Gasteiger partial charge in [-0.05, 0) is 49.1 Å². The number of nitrogens with zero attached hydrogens (tertiary/aromatic N) is 4. The molecule has 0 aliphatic heterocycles. The highest BCUT2D eigenvalue weighted by atomic mass is 16.2. The van der Waals surface area contributed by atoms with E-state index in [1.165, 1.54) is 4.68 Å². The lowest BCUT2D eigenvalue weighted by molar-refractivity contribution is -0.117. The van der Waals surface area contributed by atoms with Gasteiger partial charge in [-0.15, -0.1) is 5.10 Å². The van der Waals surface area contributed by atoms with E-state index >= 15 is 0 Å². The van der Waals surface area contributed by atoms with Crippen molar-refractivity contribution in [2.24, 2.45) is 0 Å². The van der Waals surface area contributed by atoms with Gasteiger partial charge in [-0.1, -0.05) is 24.3 Å². The molecule has 0 bridgehead atoms. The summed E-state index contributed by atoms with van der Waals surface area (Å²) in [4.78, 5) is 29.3. The zero-order chi connectivity index (χ0) is 18.3. The number of fused-ring (bicyclic) bond motifs is 3. The number of pyridine rings is 2. The van der Waals surface area contributed by atoms with Crippen LogP contribution in [0.1, 0.15) is 11.3 Å². The van der Waals surface area contributed by atoms with Crippen LogP contribution in [-0.4, -0.2) is 25.1 Å². The van der Waals surface area contributed by atoms with Crippen LogP contribution in [0.15, 0.2) is 53.3 Å². The van der Waals surface area contributed by atoms with Crippen LogP contribution in [-0.2, 0) is 11.3 Å². The highest BCUT2D eigenvalue weighted by Crippen LogP contribution is 2.17. The second-order valence-corrected chi connectivity index (χ2v) is 6.20. The molecule has 0 spiro atoms. The van der Waals surface area contributed by atoms with Gasteiger partial charge in [-0.3, -0.25) is 4.79 Å². The van der Waals surface area contributed by atoms with Gasteiger partial charge in [0.25, 0.3) is 0 Å². The fourth-order valence-corrected chi connectivity index (χ4v) is 3.03. The van der Waals surface area contributed by atoms with Gasteiger partial charge < -0.3 is 5.32 Å². The van der Waals surface area contributed by atoms with E-state index in [0.717, 1.165) is 22.2 Å². The molecule has 1 aromatic carbocycles. The van der Waals surface area contributed by atoms with Crippen molar-refractivity contribution in [3.63, 3.8) is 0 Å². The minimum Gasteiger partial charge on any atom is -0.309 e. The average molecular weight is 347 g/mol. The standard InChI is InChI=1S/C19H17N5O2/c1-12-10-14-7-3-4-8-15(14)24-18(12)22-23(19(24)26)11-17(25)21-16-9-5-6-13(2)20-16/h3-10H,11H2,1-2H3,(H,20,21,25). The first-order chi connectivity index (χ1) is 12.5. The van der Waals surface area contributed by atoms with E-state index in [1.807, 2.05) is 56.3 Å². The lowest BCUT2D eigenvalue weighted by atomic mass is 10.1. The number of hydrogen-bond acceptors (Lipinski definition) is 4. The summed E-state index contributed by atoms with van der Waals surface area (Å²) in [5.74, 6) is 0.101. The molecule has 4 aromatic rings. The van der Waals surface area contributed by atoms with Crippen LogP contribution in [0.5, 0.6) is 0 Å². The molecule has 4 rings (SSSR count). The van der Waals surface area contributed by atoms with Crippen molar-refractivity contribution in [3.8, 4) is 0 Å². The van der Waals surface area contributed by atoms with Crippen molar-refractivity contribution in [1.29, 1.82) is 0 Å². The van der Waals surface area contributed by atoms with Gasteiger partial charge in [0.15, 0.2) is 5.65 Å². The molecule has 0 aliphatic rings. The van der Waals surface area contributed by atoms with Crippen molar-refractivity contribution >= 4 is 28.3 Å². The summed E-state index contributed by atoms with van der Waals surface area (Å²) in [6.45, 7) is 3.56. The minimum absolute atomic E-state index is 0.177. The van der Waals surface area contributed by atoms with Crippen LogP contribution >= 0.6 is 0 Å². The van der Waals surface area contributed by atoms with Crippen molar-refractivity contribution in [3.05, 3.63) is 70.3 Å². The van der Waals surface area contributed by atoms with Crippen LogP contribution in [0.4, 0.5) is 5.82 Å². The molecule has 1 N–H and O–H groups in total. The third-order valence-electron chi connectivity index (χ3n) is 4.19. The molecule has 3 heterocycles. The zero-order valence-electron chi connectivity index (χ0n) is 14.4. The van der Waals surface area contributed by atoms with Crippen molar-refractivity contribution in [2.75, 3.05) is 5.32 Å². The first-order valence-corrected chi connectivity index (χ1v) is 8.24. The molecule has 0 fully saturated rings. The molecule has 0 radical (unpaired) electrons. The number of benzene rings is 1. The summed E-state index contributed by atoms with van der Waals surface area (Å²) in [6, 6.07) is 14.9. The Kier molecular flexibility index (Phi) is 3.76. The Balaban J connectivity index is 1.72. The largest absolute Gasteiger partial charge is 0.351 e. The lowest BCUT2D eigenvalue weighted by Gasteiger charge is -2.04. The van der Waals surface area contributed by atoms with E-state index in [2.05, 4.69) is 15.4 Å². The molecule has 0 aliphatic carbocycles. The average Bonchev–Trinajstić information content (AvgIpc) is 2.92. The number of rotatable bonds is 3. The molecule has 26 heavy (non-hydrogen) atoms. The van der Waals surface area contributed by atoms with Crippen LogP contribution in [0.3, 0.4) is 0 Å². The van der Waals surface area contributed by atoms with Crippen LogP contribution in [0.2, 0.25) is 0 Å². The third-order valence-corrected chi connectivity index (χ3v) is 4.19. The second-order valence-electron chi connectivity index (χ2n) is 6.20. The summed E-state index contributed by atoms with van der Waals surface area (Å²) >= 11 is 0. The van der Waals surface area contributed by atoms with E-state index < -0.39 is 0 Å².